The summed E-state index contributed by atoms with van der Waals surface area (Å²) >= 11 is 6.07. The minimum absolute atomic E-state index is 0.0270. The number of nitrogens with zero attached hydrogens (tertiary/aromatic N) is 2. The van der Waals surface area contributed by atoms with Gasteiger partial charge in [0.2, 0.25) is 0 Å². The van der Waals surface area contributed by atoms with E-state index < -0.39 is 11.1 Å². The quantitative estimate of drug-likeness (QED) is 0.939. The maximum atomic E-state index is 12.2. The zero-order valence-corrected chi connectivity index (χ0v) is 13.7. The molecule has 6 nitrogen and oxygen atoms in total. The monoisotopic (exact) mass is 323 g/mol. The van der Waals surface area contributed by atoms with Gasteiger partial charge in [0.15, 0.2) is 16.2 Å². The second kappa shape index (κ2) is 5.96. The first-order valence-corrected chi connectivity index (χ1v) is 7.18. The molecule has 22 heavy (non-hydrogen) atoms. The molecule has 0 fully saturated rings. The Kier molecular flexibility index (Phi) is 4.42. The van der Waals surface area contributed by atoms with Gasteiger partial charge in [0.1, 0.15) is 6.61 Å². The van der Waals surface area contributed by atoms with Crippen LogP contribution in [0.25, 0.3) is 0 Å². The molecule has 0 aliphatic rings. The number of pyridine rings is 1. The number of aromatic nitrogens is 3. The number of ether oxygens (including phenoxy) is 1. The van der Waals surface area contributed by atoms with E-state index >= 15 is 0 Å². The molecule has 118 valence electrons. The first-order chi connectivity index (χ1) is 10.2. The number of nitrogens with one attached hydrogen (secondary N) is 1. The lowest BCUT2D eigenvalue weighted by atomic mass is 10.1. The van der Waals surface area contributed by atoms with Crippen molar-refractivity contribution < 1.29 is 4.74 Å². The molecular formula is C15H18ClN3O3. The predicted molar refractivity (Wildman–Crippen MR) is 84.6 cm³/mol. The average Bonchev–Trinajstić information content (AvgIpc) is 2.43. The van der Waals surface area contributed by atoms with Gasteiger partial charge in [0.25, 0.3) is 5.56 Å². The molecule has 7 heteroatoms. The van der Waals surface area contributed by atoms with Gasteiger partial charge in [0.05, 0.1) is 17.4 Å². The highest BCUT2D eigenvalue weighted by molar-refractivity contribution is 6.31. The largest absolute Gasteiger partial charge is 0.484 e. The van der Waals surface area contributed by atoms with Crippen molar-refractivity contribution in [1.29, 1.82) is 0 Å². The third-order valence-electron chi connectivity index (χ3n) is 3.21. The van der Waals surface area contributed by atoms with E-state index in [9.17, 15) is 9.59 Å². The van der Waals surface area contributed by atoms with Crippen LogP contribution in [-0.4, -0.2) is 14.8 Å². The summed E-state index contributed by atoms with van der Waals surface area (Å²) in [7, 11) is 0. The Labute approximate surface area is 132 Å². The summed E-state index contributed by atoms with van der Waals surface area (Å²) in [6.45, 7) is 7.38. The van der Waals surface area contributed by atoms with Crippen molar-refractivity contribution in [2.75, 3.05) is 0 Å². The van der Waals surface area contributed by atoms with E-state index in [4.69, 9.17) is 16.3 Å². The molecule has 0 atom stereocenters. The van der Waals surface area contributed by atoms with E-state index in [1.54, 1.807) is 13.1 Å². The second-order valence-corrected chi connectivity index (χ2v) is 6.32. The van der Waals surface area contributed by atoms with Gasteiger partial charge >= 0.3 is 0 Å². The fraction of sp³-hybridized carbons (Fsp3) is 0.400. The molecule has 2 heterocycles. The standard InChI is InChI=1S/C15H18ClN3O3/c1-9-10(17-6-5-11(9)20)8-22-12-7-18-19(15(2,3)4)14(21)13(12)16/h5-7H,8H2,1-4H3,(H,17,20). The summed E-state index contributed by atoms with van der Waals surface area (Å²) < 4.78 is 6.83. The predicted octanol–water partition coefficient (Wildman–Crippen LogP) is 2.23. The van der Waals surface area contributed by atoms with Crippen LogP contribution in [0.1, 0.15) is 32.0 Å². The molecule has 0 aliphatic carbocycles. The number of halogens is 1. The average molecular weight is 324 g/mol. The summed E-state index contributed by atoms with van der Waals surface area (Å²) in [6.07, 6.45) is 2.96. The van der Waals surface area contributed by atoms with Gasteiger partial charge in [-0.1, -0.05) is 11.6 Å². The van der Waals surface area contributed by atoms with Crippen LogP contribution in [0.4, 0.5) is 0 Å². The van der Waals surface area contributed by atoms with Gasteiger partial charge in [-0.05, 0) is 27.7 Å². The highest BCUT2D eigenvalue weighted by Crippen LogP contribution is 2.21. The molecule has 2 aromatic heterocycles. The fourth-order valence-electron chi connectivity index (χ4n) is 1.90. The van der Waals surface area contributed by atoms with Crippen molar-refractivity contribution >= 4 is 11.6 Å². The SMILES string of the molecule is Cc1c(COc2cnn(C(C)(C)C)c(=O)c2Cl)[nH]ccc1=O. The third kappa shape index (κ3) is 3.22. The van der Waals surface area contributed by atoms with Crippen LogP contribution in [0.5, 0.6) is 5.75 Å². The maximum absolute atomic E-state index is 12.2. The number of rotatable bonds is 3. The van der Waals surface area contributed by atoms with Crippen molar-refractivity contribution in [2.24, 2.45) is 0 Å². The van der Waals surface area contributed by atoms with E-state index in [2.05, 4.69) is 10.1 Å². The van der Waals surface area contributed by atoms with E-state index in [-0.39, 0.29) is 22.8 Å². The van der Waals surface area contributed by atoms with Crippen LogP contribution in [0.15, 0.2) is 28.0 Å². The molecular weight excluding hydrogens is 306 g/mol. The smallest absolute Gasteiger partial charge is 0.289 e. The summed E-state index contributed by atoms with van der Waals surface area (Å²) in [5.41, 5.74) is 0.230. The number of hydrogen-bond acceptors (Lipinski definition) is 4. The van der Waals surface area contributed by atoms with Crippen LogP contribution >= 0.6 is 11.6 Å². The molecule has 0 aliphatic heterocycles. The molecule has 0 saturated carbocycles. The highest BCUT2D eigenvalue weighted by atomic mass is 35.5. The van der Waals surface area contributed by atoms with E-state index in [0.29, 0.717) is 11.3 Å². The minimum atomic E-state index is -0.472. The first kappa shape index (κ1) is 16.3. The molecule has 2 rings (SSSR count). The zero-order chi connectivity index (χ0) is 16.5. The molecule has 2 aromatic rings. The zero-order valence-electron chi connectivity index (χ0n) is 12.9. The molecule has 0 spiro atoms. The molecule has 0 amide bonds. The summed E-state index contributed by atoms with van der Waals surface area (Å²) in [5.74, 6) is 0.191. The molecule has 1 N–H and O–H groups in total. The number of aromatic amines is 1. The van der Waals surface area contributed by atoms with E-state index in [1.807, 2.05) is 20.8 Å². The van der Waals surface area contributed by atoms with Crippen LogP contribution < -0.4 is 15.7 Å². The van der Waals surface area contributed by atoms with Gasteiger partial charge in [-0.3, -0.25) is 9.59 Å². The summed E-state index contributed by atoms with van der Waals surface area (Å²) in [4.78, 5) is 26.7. The van der Waals surface area contributed by atoms with Crippen LogP contribution in [0, 0.1) is 6.92 Å². The normalized spacial score (nSPS) is 11.5. The van der Waals surface area contributed by atoms with Gasteiger partial charge in [-0.2, -0.15) is 5.10 Å². The Balaban J connectivity index is 2.28. The van der Waals surface area contributed by atoms with Crippen LogP contribution in [0.3, 0.4) is 0 Å². The maximum Gasteiger partial charge on any atom is 0.289 e. The van der Waals surface area contributed by atoms with Gasteiger partial charge < -0.3 is 9.72 Å². The Hall–Kier alpha value is -2.08. The number of hydrogen-bond donors (Lipinski definition) is 1. The van der Waals surface area contributed by atoms with Crippen molar-refractivity contribution in [3.63, 3.8) is 0 Å². The summed E-state index contributed by atoms with van der Waals surface area (Å²) in [5, 5.41) is 4.06. The fourth-order valence-corrected chi connectivity index (χ4v) is 2.08. The third-order valence-corrected chi connectivity index (χ3v) is 3.56. The minimum Gasteiger partial charge on any atom is -0.484 e. The second-order valence-electron chi connectivity index (χ2n) is 5.94. The topological polar surface area (TPSA) is 77.0 Å². The van der Waals surface area contributed by atoms with Crippen molar-refractivity contribution in [3.05, 3.63) is 55.3 Å². The van der Waals surface area contributed by atoms with Crippen molar-refractivity contribution in [2.45, 2.75) is 39.8 Å². The Morgan fingerprint density at radius 3 is 2.68 bits per heavy atom. The number of H-pyrrole nitrogens is 1. The molecule has 0 bridgehead atoms. The van der Waals surface area contributed by atoms with Crippen LogP contribution in [0.2, 0.25) is 5.02 Å². The van der Waals surface area contributed by atoms with Crippen LogP contribution in [-0.2, 0) is 12.1 Å². The van der Waals surface area contributed by atoms with E-state index in [0.717, 1.165) is 0 Å². The van der Waals surface area contributed by atoms with Gasteiger partial charge in [-0.15, -0.1) is 0 Å². The molecule has 0 radical (unpaired) electrons. The molecule has 0 saturated heterocycles. The van der Waals surface area contributed by atoms with Gasteiger partial charge in [0, 0.05) is 17.8 Å². The van der Waals surface area contributed by atoms with Gasteiger partial charge in [-0.25, -0.2) is 4.68 Å². The Morgan fingerprint density at radius 1 is 1.36 bits per heavy atom. The Bertz CT molecular complexity index is 803. The van der Waals surface area contributed by atoms with Crippen molar-refractivity contribution in [3.8, 4) is 5.75 Å². The lowest BCUT2D eigenvalue weighted by molar-refractivity contribution is 0.287. The molecule has 0 aromatic carbocycles. The van der Waals surface area contributed by atoms with E-state index in [1.165, 1.54) is 16.9 Å². The first-order valence-electron chi connectivity index (χ1n) is 6.80. The Morgan fingerprint density at radius 2 is 2.05 bits per heavy atom. The summed E-state index contributed by atoms with van der Waals surface area (Å²) in [6, 6.07) is 1.44. The lowest BCUT2D eigenvalue weighted by Gasteiger charge is -2.21. The molecule has 0 unspecified atom stereocenters. The van der Waals surface area contributed by atoms with Crippen molar-refractivity contribution in [1.82, 2.24) is 14.8 Å². The highest BCUT2D eigenvalue weighted by Gasteiger charge is 2.20. The lowest BCUT2D eigenvalue weighted by Crippen LogP contribution is -2.36.